The molecule has 0 radical (unpaired) electrons. The minimum Gasteiger partial charge on any atom is -0.381 e. The highest BCUT2D eigenvalue weighted by atomic mass is 35.5. The lowest BCUT2D eigenvalue weighted by Crippen LogP contribution is -2.33. The molecule has 7 heteroatoms. The highest BCUT2D eigenvalue weighted by molar-refractivity contribution is 6.33. The Morgan fingerprint density at radius 2 is 2.00 bits per heavy atom. The first kappa shape index (κ1) is 17.6. The molecule has 0 spiro atoms. The van der Waals surface area contributed by atoms with E-state index in [1.807, 2.05) is 18.2 Å². The summed E-state index contributed by atoms with van der Waals surface area (Å²) in [4.78, 5) is 16.8. The van der Waals surface area contributed by atoms with E-state index >= 15 is 0 Å². The lowest BCUT2D eigenvalue weighted by atomic mass is 9.99. The molecular formula is C18H20ClN3O3. The number of halogens is 1. The molecule has 0 N–H and O–H groups in total. The van der Waals surface area contributed by atoms with Gasteiger partial charge in [0.25, 0.3) is 5.69 Å². The molecule has 1 saturated heterocycles. The van der Waals surface area contributed by atoms with Crippen molar-refractivity contribution in [3.63, 3.8) is 0 Å². The van der Waals surface area contributed by atoms with Gasteiger partial charge in [0.2, 0.25) is 0 Å². The normalized spacial score (nSPS) is 15.1. The molecule has 1 aliphatic heterocycles. The fourth-order valence-corrected chi connectivity index (χ4v) is 3.30. The van der Waals surface area contributed by atoms with Crippen LogP contribution >= 0.6 is 11.6 Å². The summed E-state index contributed by atoms with van der Waals surface area (Å²) in [5.74, 6) is 1.08. The van der Waals surface area contributed by atoms with E-state index in [0.717, 1.165) is 38.2 Å². The average molecular weight is 362 g/mol. The standard InChI is InChI=1S/C18H20ClN3O3/c19-17-10-16(22(23)24)11-20-18(17)21(12-14-4-2-1-3-5-14)13-15-6-8-25-9-7-15/h1-5,10-11,15H,6-9,12-13H2. The molecule has 2 aromatic rings. The van der Waals surface area contributed by atoms with Crippen LogP contribution < -0.4 is 4.90 Å². The van der Waals surface area contributed by atoms with Crippen molar-refractivity contribution in [1.29, 1.82) is 0 Å². The molecule has 0 saturated carbocycles. The first-order valence-corrected chi connectivity index (χ1v) is 8.68. The van der Waals surface area contributed by atoms with Gasteiger partial charge in [0.15, 0.2) is 0 Å². The minimum atomic E-state index is -0.483. The largest absolute Gasteiger partial charge is 0.381 e. The third-order valence-electron chi connectivity index (χ3n) is 4.35. The summed E-state index contributed by atoms with van der Waals surface area (Å²) in [6.45, 7) is 2.99. The van der Waals surface area contributed by atoms with Crippen molar-refractivity contribution < 1.29 is 9.66 Å². The minimum absolute atomic E-state index is 0.0977. The number of ether oxygens (including phenoxy) is 1. The topological polar surface area (TPSA) is 68.5 Å². The van der Waals surface area contributed by atoms with Crippen LogP contribution in [0.5, 0.6) is 0 Å². The summed E-state index contributed by atoms with van der Waals surface area (Å²) in [7, 11) is 0. The second-order valence-electron chi connectivity index (χ2n) is 6.18. The Labute approximate surface area is 151 Å². The summed E-state index contributed by atoms with van der Waals surface area (Å²) >= 11 is 6.32. The average Bonchev–Trinajstić information content (AvgIpc) is 2.63. The number of nitrogens with zero attached hydrogens (tertiary/aromatic N) is 3. The van der Waals surface area contributed by atoms with Gasteiger partial charge < -0.3 is 9.64 Å². The van der Waals surface area contributed by atoms with Gasteiger partial charge in [0, 0.05) is 32.4 Å². The van der Waals surface area contributed by atoms with E-state index in [1.54, 1.807) is 0 Å². The number of rotatable bonds is 6. The van der Waals surface area contributed by atoms with Gasteiger partial charge in [-0.1, -0.05) is 41.9 Å². The van der Waals surface area contributed by atoms with Gasteiger partial charge in [-0.15, -0.1) is 0 Å². The Morgan fingerprint density at radius 1 is 1.28 bits per heavy atom. The van der Waals surface area contributed by atoms with E-state index in [9.17, 15) is 10.1 Å². The molecule has 25 heavy (non-hydrogen) atoms. The number of benzene rings is 1. The second kappa shape index (κ2) is 8.27. The SMILES string of the molecule is O=[N+]([O-])c1cnc(N(Cc2ccccc2)CC2CCOCC2)c(Cl)c1. The highest BCUT2D eigenvalue weighted by Crippen LogP contribution is 2.30. The Hall–Kier alpha value is -2.18. The van der Waals surface area contributed by atoms with Crippen LogP contribution in [0.2, 0.25) is 5.02 Å². The molecule has 0 aliphatic carbocycles. The fourth-order valence-electron chi connectivity index (χ4n) is 3.02. The molecule has 1 aromatic heterocycles. The van der Waals surface area contributed by atoms with Crippen molar-refractivity contribution >= 4 is 23.1 Å². The zero-order valence-corrected chi connectivity index (χ0v) is 14.6. The number of hydrogen-bond donors (Lipinski definition) is 0. The molecule has 0 atom stereocenters. The first-order valence-electron chi connectivity index (χ1n) is 8.30. The molecule has 2 heterocycles. The number of nitro groups is 1. The van der Waals surface area contributed by atoms with Gasteiger partial charge >= 0.3 is 0 Å². The van der Waals surface area contributed by atoms with Crippen molar-refractivity contribution in [1.82, 2.24) is 4.98 Å². The van der Waals surface area contributed by atoms with E-state index in [-0.39, 0.29) is 5.69 Å². The number of aromatic nitrogens is 1. The number of pyridine rings is 1. The van der Waals surface area contributed by atoms with Crippen molar-refractivity contribution in [2.75, 3.05) is 24.7 Å². The summed E-state index contributed by atoms with van der Waals surface area (Å²) in [5.41, 5.74) is 1.05. The maximum absolute atomic E-state index is 10.9. The predicted molar refractivity (Wildman–Crippen MR) is 96.9 cm³/mol. The molecule has 1 aromatic carbocycles. The first-order chi connectivity index (χ1) is 12.1. The van der Waals surface area contributed by atoms with Crippen LogP contribution in [0.3, 0.4) is 0 Å². The van der Waals surface area contributed by atoms with Crippen molar-refractivity contribution in [3.8, 4) is 0 Å². The molecule has 132 valence electrons. The van der Waals surface area contributed by atoms with Crippen molar-refractivity contribution in [2.24, 2.45) is 5.92 Å². The lowest BCUT2D eigenvalue weighted by molar-refractivity contribution is -0.385. The van der Waals surface area contributed by atoms with Gasteiger partial charge in [0.1, 0.15) is 12.0 Å². The van der Waals surface area contributed by atoms with Crippen molar-refractivity contribution in [3.05, 3.63) is 63.3 Å². The maximum Gasteiger partial charge on any atom is 0.289 e. The van der Waals surface area contributed by atoms with E-state index < -0.39 is 4.92 Å². The third-order valence-corrected chi connectivity index (χ3v) is 4.63. The Morgan fingerprint density at radius 3 is 2.64 bits per heavy atom. The van der Waals surface area contributed by atoms with E-state index in [0.29, 0.717) is 23.3 Å². The zero-order chi connectivity index (χ0) is 17.6. The maximum atomic E-state index is 10.9. The monoisotopic (exact) mass is 361 g/mol. The van der Waals surface area contributed by atoms with Crippen LogP contribution in [0.4, 0.5) is 11.5 Å². The lowest BCUT2D eigenvalue weighted by Gasteiger charge is -2.31. The molecule has 3 rings (SSSR count). The zero-order valence-electron chi connectivity index (χ0n) is 13.8. The van der Waals surface area contributed by atoms with Gasteiger partial charge in [-0.05, 0) is 24.3 Å². The Bertz CT molecular complexity index is 721. The fraction of sp³-hybridized carbons (Fsp3) is 0.389. The van der Waals surface area contributed by atoms with Crippen LogP contribution in [-0.2, 0) is 11.3 Å². The highest BCUT2D eigenvalue weighted by Gasteiger charge is 2.22. The molecule has 6 nitrogen and oxygen atoms in total. The summed E-state index contributed by atoms with van der Waals surface area (Å²) in [5, 5.41) is 11.2. The van der Waals surface area contributed by atoms with Crippen molar-refractivity contribution in [2.45, 2.75) is 19.4 Å². The smallest absolute Gasteiger partial charge is 0.289 e. The van der Waals surface area contributed by atoms with Crippen LogP contribution in [-0.4, -0.2) is 29.7 Å². The molecule has 0 unspecified atom stereocenters. The van der Waals surface area contributed by atoms with E-state index in [2.05, 4.69) is 22.0 Å². The Kier molecular flexibility index (Phi) is 5.83. The van der Waals surface area contributed by atoms with Gasteiger partial charge in [-0.3, -0.25) is 10.1 Å². The van der Waals surface area contributed by atoms with E-state index in [4.69, 9.17) is 16.3 Å². The van der Waals surface area contributed by atoms with Gasteiger partial charge in [-0.25, -0.2) is 4.98 Å². The summed E-state index contributed by atoms with van der Waals surface area (Å²) < 4.78 is 5.44. The number of hydrogen-bond acceptors (Lipinski definition) is 5. The van der Waals surface area contributed by atoms with Crippen LogP contribution in [0.1, 0.15) is 18.4 Å². The summed E-state index contributed by atoms with van der Waals surface area (Å²) in [6.07, 6.45) is 3.26. The number of anilines is 1. The molecule has 0 amide bonds. The Balaban J connectivity index is 1.85. The molecular weight excluding hydrogens is 342 g/mol. The van der Waals surface area contributed by atoms with E-state index in [1.165, 1.54) is 12.3 Å². The van der Waals surface area contributed by atoms with Crippen LogP contribution in [0.25, 0.3) is 0 Å². The molecule has 1 fully saturated rings. The quantitative estimate of drug-likeness (QED) is 0.573. The van der Waals surface area contributed by atoms with Gasteiger partial charge in [0.05, 0.1) is 9.95 Å². The van der Waals surface area contributed by atoms with Gasteiger partial charge in [-0.2, -0.15) is 0 Å². The molecule has 0 bridgehead atoms. The van der Waals surface area contributed by atoms with Crippen LogP contribution in [0, 0.1) is 16.0 Å². The predicted octanol–water partition coefficient (Wildman–Crippen LogP) is 4.08. The summed E-state index contributed by atoms with van der Waals surface area (Å²) in [6, 6.07) is 11.4. The van der Waals surface area contributed by atoms with Crippen LogP contribution in [0.15, 0.2) is 42.6 Å². The third kappa shape index (κ3) is 4.67. The molecule has 1 aliphatic rings. The second-order valence-corrected chi connectivity index (χ2v) is 6.59.